The summed E-state index contributed by atoms with van der Waals surface area (Å²) < 4.78 is 5.56. The number of nitrogens with zero attached hydrogens (tertiary/aromatic N) is 1. The van der Waals surface area contributed by atoms with Crippen molar-refractivity contribution in [3.63, 3.8) is 0 Å². The van der Waals surface area contributed by atoms with Crippen LogP contribution in [0.2, 0.25) is 0 Å². The number of rotatable bonds is 3. The molecule has 2 atom stereocenters. The number of carbonyl (C=O) groups excluding carboxylic acids is 2. The van der Waals surface area contributed by atoms with Crippen LogP contribution in [0.1, 0.15) is 49.0 Å². The van der Waals surface area contributed by atoms with E-state index in [1.165, 1.54) is 0 Å². The number of ketones is 1. The molecule has 0 unspecified atom stereocenters. The van der Waals surface area contributed by atoms with Crippen molar-refractivity contribution in [2.45, 2.75) is 44.8 Å². The minimum Gasteiger partial charge on any atom is -0.444 e. The highest BCUT2D eigenvalue weighted by atomic mass is 16.6. The fourth-order valence-corrected chi connectivity index (χ4v) is 3.46. The van der Waals surface area contributed by atoms with Gasteiger partial charge in [0.2, 0.25) is 0 Å². The number of hydrogen-bond acceptors (Lipinski definition) is 3. The third-order valence-electron chi connectivity index (χ3n) is 4.58. The first-order valence-corrected chi connectivity index (χ1v) is 9.00. The molecule has 3 rings (SSSR count). The van der Waals surface area contributed by atoms with Crippen LogP contribution in [-0.4, -0.2) is 35.0 Å². The molecule has 0 spiro atoms. The molecule has 0 aromatic heterocycles. The highest BCUT2D eigenvalue weighted by Gasteiger charge is 2.44. The predicted molar refractivity (Wildman–Crippen MR) is 101 cm³/mol. The Labute approximate surface area is 154 Å². The van der Waals surface area contributed by atoms with E-state index in [0.29, 0.717) is 12.1 Å². The van der Waals surface area contributed by atoms with Crippen LogP contribution < -0.4 is 0 Å². The Balaban J connectivity index is 1.94. The van der Waals surface area contributed by atoms with Gasteiger partial charge in [-0.3, -0.25) is 9.69 Å². The van der Waals surface area contributed by atoms with E-state index in [4.69, 9.17) is 4.74 Å². The summed E-state index contributed by atoms with van der Waals surface area (Å²) in [5.74, 6) is -0.0702. The van der Waals surface area contributed by atoms with Crippen LogP contribution in [0.25, 0.3) is 0 Å². The normalized spacial score (nSPS) is 20.0. The molecule has 0 saturated carbocycles. The Kier molecular flexibility index (Phi) is 5.12. The number of benzene rings is 2. The van der Waals surface area contributed by atoms with Crippen molar-refractivity contribution in [3.05, 3.63) is 71.8 Å². The van der Waals surface area contributed by atoms with Crippen LogP contribution in [0.4, 0.5) is 4.79 Å². The van der Waals surface area contributed by atoms with Gasteiger partial charge in [0.1, 0.15) is 11.6 Å². The smallest absolute Gasteiger partial charge is 0.410 e. The molecule has 4 nitrogen and oxygen atoms in total. The first kappa shape index (κ1) is 18.2. The number of hydrogen-bond donors (Lipinski definition) is 0. The molecule has 1 aliphatic heterocycles. The molecule has 2 aromatic rings. The van der Waals surface area contributed by atoms with Gasteiger partial charge in [0.15, 0.2) is 5.78 Å². The van der Waals surface area contributed by atoms with Crippen LogP contribution >= 0.6 is 0 Å². The molecule has 1 saturated heterocycles. The lowest BCUT2D eigenvalue weighted by atomic mass is 9.87. The molecule has 4 heteroatoms. The van der Waals surface area contributed by atoms with Gasteiger partial charge in [-0.15, -0.1) is 0 Å². The third kappa shape index (κ3) is 3.96. The Morgan fingerprint density at radius 1 is 0.962 bits per heavy atom. The van der Waals surface area contributed by atoms with Crippen LogP contribution in [0.5, 0.6) is 0 Å². The molecule has 0 radical (unpaired) electrons. The Bertz CT molecular complexity index is 765. The molecule has 1 amide bonds. The highest BCUT2D eigenvalue weighted by Crippen LogP contribution is 2.36. The van der Waals surface area contributed by atoms with Crippen molar-refractivity contribution in [1.29, 1.82) is 0 Å². The van der Waals surface area contributed by atoms with E-state index in [0.717, 1.165) is 12.0 Å². The minimum atomic E-state index is -0.595. The van der Waals surface area contributed by atoms with Crippen molar-refractivity contribution in [3.8, 4) is 0 Å². The lowest BCUT2D eigenvalue weighted by Crippen LogP contribution is -2.45. The zero-order valence-electron chi connectivity index (χ0n) is 15.5. The van der Waals surface area contributed by atoms with Gasteiger partial charge in [-0.25, -0.2) is 4.79 Å². The summed E-state index contributed by atoms with van der Waals surface area (Å²) in [4.78, 5) is 27.6. The van der Waals surface area contributed by atoms with Crippen LogP contribution in [0.3, 0.4) is 0 Å². The second-order valence-electron chi connectivity index (χ2n) is 7.65. The van der Waals surface area contributed by atoms with Crippen LogP contribution in [0, 0.1) is 0 Å². The zero-order chi connectivity index (χ0) is 18.7. The molecular formula is C22H25NO3. The number of ether oxygens (including phenoxy) is 1. The van der Waals surface area contributed by atoms with E-state index in [1.807, 2.05) is 69.3 Å². The van der Waals surface area contributed by atoms with E-state index in [1.54, 1.807) is 17.0 Å². The Hall–Kier alpha value is -2.62. The molecule has 0 aliphatic carbocycles. The number of likely N-dealkylation sites (tertiary alicyclic amines) is 1. The van der Waals surface area contributed by atoms with Gasteiger partial charge in [0, 0.05) is 18.0 Å². The average Bonchev–Trinajstić information content (AvgIpc) is 3.06. The SMILES string of the molecule is CC(C)(C)OC(=O)N1CC[C@H](c2ccccc2)[C@H]1C(=O)c1ccccc1. The quantitative estimate of drug-likeness (QED) is 0.756. The van der Waals surface area contributed by atoms with Crippen molar-refractivity contribution >= 4 is 11.9 Å². The van der Waals surface area contributed by atoms with E-state index < -0.39 is 17.7 Å². The van der Waals surface area contributed by atoms with Crippen molar-refractivity contribution in [2.24, 2.45) is 0 Å². The summed E-state index contributed by atoms with van der Waals surface area (Å²) in [6.45, 7) is 6.02. The van der Waals surface area contributed by atoms with E-state index in [-0.39, 0.29) is 11.7 Å². The summed E-state index contributed by atoms with van der Waals surface area (Å²) in [6.07, 6.45) is 0.317. The van der Waals surface area contributed by atoms with E-state index in [9.17, 15) is 9.59 Å². The van der Waals surface area contributed by atoms with Crippen LogP contribution in [0.15, 0.2) is 60.7 Å². The Morgan fingerprint density at radius 2 is 1.54 bits per heavy atom. The largest absolute Gasteiger partial charge is 0.444 e. The number of carbonyl (C=O) groups is 2. The predicted octanol–water partition coefficient (Wildman–Crippen LogP) is 4.66. The van der Waals surface area contributed by atoms with Gasteiger partial charge in [0.25, 0.3) is 0 Å². The van der Waals surface area contributed by atoms with E-state index in [2.05, 4.69) is 0 Å². The molecular weight excluding hydrogens is 326 g/mol. The summed E-state index contributed by atoms with van der Waals surface area (Å²) in [5, 5.41) is 0. The van der Waals surface area contributed by atoms with Gasteiger partial charge in [-0.1, -0.05) is 60.7 Å². The lowest BCUT2D eigenvalue weighted by molar-refractivity contribution is 0.0216. The molecule has 1 fully saturated rings. The van der Waals surface area contributed by atoms with Gasteiger partial charge < -0.3 is 4.74 Å². The standard InChI is InChI=1S/C22H25NO3/c1-22(2,3)26-21(25)23-15-14-18(16-10-6-4-7-11-16)19(23)20(24)17-12-8-5-9-13-17/h4-13,18-19H,14-15H2,1-3H3/t18-,19+/m1/s1. The second kappa shape index (κ2) is 7.32. The summed E-state index contributed by atoms with van der Waals surface area (Å²) >= 11 is 0. The highest BCUT2D eigenvalue weighted by molar-refractivity contribution is 6.02. The molecule has 26 heavy (non-hydrogen) atoms. The molecule has 2 aromatic carbocycles. The first-order chi connectivity index (χ1) is 12.4. The summed E-state index contributed by atoms with van der Waals surface area (Å²) in [5.41, 5.74) is 1.10. The summed E-state index contributed by atoms with van der Waals surface area (Å²) in [6, 6.07) is 18.6. The number of Topliss-reactive ketones (excluding diaryl/α,β-unsaturated/α-hetero) is 1. The summed E-state index contributed by atoms with van der Waals surface area (Å²) in [7, 11) is 0. The lowest BCUT2D eigenvalue weighted by Gasteiger charge is -2.30. The second-order valence-corrected chi connectivity index (χ2v) is 7.65. The van der Waals surface area contributed by atoms with Crippen molar-refractivity contribution in [1.82, 2.24) is 4.90 Å². The van der Waals surface area contributed by atoms with Crippen LogP contribution in [-0.2, 0) is 4.74 Å². The topological polar surface area (TPSA) is 46.6 Å². The molecule has 136 valence electrons. The molecule has 0 bridgehead atoms. The fraction of sp³-hybridized carbons (Fsp3) is 0.364. The fourth-order valence-electron chi connectivity index (χ4n) is 3.46. The first-order valence-electron chi connectivity index (χ1n) is 9.00. The van der Waals surface area contributed by atoms with Gasteiger partial charge in [-0.05, 0) is 32.8 Å². The Morgan fingerprint density at radius 3 is 2.12 bits per heavy atom. The van der Waals surface area contributed by atoms with Gasteiger partial charge >= 0.3 is 6.09 Å². The van der Waals surface area contributed by atoms with Crippen molar-refractivity contribution < 1.29 is 14.3 Å². The van der Waals surface area contributed by atoms with E-state index >= 15 is 0 Å². The maximum atomic E-state index is 13.3. The van der Waals surface area contributed by atoms with Gasteiger partial charge in [-0.2, -0.15) is 0 Å². The monoisotopic (exact) mass is 351 g/mol. The minimum absolute atomic E-state index is 0.0311. The molecule has 1 heterocycles. The zero-order valence-corrected chi connectivity index (χ0v) is 15.5. The van der Waals surface area contributed by atoms with Crippen molar-refractivity contribution in [2.75, 3.05) is 6.54 Å². The average molecular weight is 351 g/mol. The molecule has 1 aliphatic rings. The maximum Gasteiger partial charge on any atom is 0.410 e. The molecule has 0 N–H and O–H groups in total. The number of amides is 1. The maximum absolute atomic E-state index is 13.3. The van der Waals surface area contributed by atoms with Gasteiger partial charge in [0.05, 0.1) is 0 Å². The third-order valence-corrected chi connectivity index (χ3v) is 4.58.